The Morgan fingerprint density at radius 2 is 1.89 bits per heavy atom. The highest BCUT2D eigenvalue weighted by Gasteiger charge is 2.33. The second-order valence-electron chi connectivity index (χ2n) is 3.94. The minimum Gasteiger partial charge on any atom is -0.341 e. The Labute approximate surface area is 116 Å². The normalized spacial score (nSPS) is 10.8. The second-order valence-corrected chi connectivity index (χ2v) is 3.94. The fourth-order valence-electron chi connectivity index (χ4n) is 1.59. The van der Waals surface area contributed by atoms with Crippen molar-refractivity contribution in [1.82, 2.24) is 4.90 Å². The van der Waals surface area contributed by atoms with Crippen LogP contribution in [-0.2, 0) is 17.5 Å². The molecule has 3 nitrogen and oxygen atoms in total. The molecular weight excluding hydrogens is 281 g/mol. The van der Waals surface area contributed by atoms with Gasteiger partial charge < -0.3 is 10.6 Å². The van der Waals surface area contributed by atoms with Crippen LogP contribution in [0.1, 0.15) is 17.5 Å². The fraction of sp³-hybridized carbons (Fsp3) is 0.417. The second kappa shape index (κ2) is 7.35. The average Bonchev–Trinajstić information content (AvgIpc) is 2.28. The lowest BCUT2D eigenvalue weighted by Gasteiger charge is -2.20. The van der Waals surface area contributed by atoms with Crippen molar-refractivity contribution in [3.05, 3.63) is 35.4 Å². The molecule has 0 aliphatic rings. The van der Waals surface area contributed by atoms with E-state index in [1.165, 1.54) is 30.1 Å². The zero-order valence-electron chi connectivity index (χ0n) is 10.4. The molecule has 0 aromatic heterocycles. The van der Waals surface area contributed by atoms with Gasteiger partial charge >= 0.3 is 6.18 Å². The fourth-order valence-corrected chi connectivity index (χ4v) is 1.59. The number of halogens is 4. The van der Waals surface area contributed by atoms with Crippen molar-refractivity contribution >= 4 is 18.3 Å². The molecular formula is C12H16ClF3N2O. The molecule has 1 aromatic carbocycles. The number of amides is 1. The Bertz CT molecular complexity index is 424. The number of hydrogen-bond acceptors (Lipinski definition) is 2. The lowest BCUT2D eigenvalue weighted by Crippen LogP contribution is -2.29. The van der Waals surface area contributed by atoms with Gasteiger partial charge in [-0.2, -0.15) is 13.2 Å². The summed E-state index contributed by atoms with van der Waals surface area (Å²) in [5, 5.41) is 0. The Kier molecular flexibility index (Phi) is 6.86. The van der Waals surface area contributed by atoms with E-state index >= 15 is 0 Å². The zero-order chi connectivity index (χ0) is 13.8. The number of carbonyl (C=O) groups is 1. The van der Waals surface area contributed by atoms with E-state index in [0.29, 0.717) is 0 Å². The summed E-state index contributed by atoms with van der Waals surface area (Å²) in [7, 11) is 1.46. The van der Waals surface area contributed by atoms with Gasteiger partial charge in [0.15, 0.2) is 0 Å². The van der Waals surface area contributed by atoms with Crippen LogP contribution in [-0.4, -0.2) is 24.4 Å². The lowest BCUT2D eigenvalue weighted by molar-refractivity contribution is -0.139. The maximum atomic E-state index is 12.7. The monoisotopic (exact) mass is 296 g/mol. The van der Waals surface area contributed by atoms with Crippen molar-refractivity contribution in [3.63, 3.8) is 0 Å². The van der Waals surface area contributed by atoms with Crippen LogP contribution in [0.15, 0.2) is 24.3 Å². The van der Waals surface area contributed by atoms with E-state index < -0.39 is 11.7 Å². The first-order valence-electron chi connectivity index (χ1n) is 5.45. The molecule has 2 N–H and O–H groups in total. The molecule has 0 radical (unpaired) electrons. The standard InChI is InChI=1S/C12H15F3N2O.ClH/c1-17(11(18)6-7-16)8-9-4-2-3-5-10(9)12(13,14)15;/h2-5H,6-8,16H2,1H3;1H. The molecule has 1 rings (SSSR count). The Morgan fingerprint density at radius 1 is 1.32 bits per heavy atom. The van der Waals surface area contributed by atoms with Gasteiger partial charge in [0.1, 0.15) is 0 Å². The van der Waals surface area contributed by atoms with Gasteiger partial charge in [0, 0.05) is 26.6 Å². The molecule has 19 heavy (non-hydrogen) atoms. The van der Waals surface area contributed by atoms with Crippen LogP contribution in [0.3, 0.4) is 0 Å². The van der Waals surface area contributed by atoms with Gasteiger partial charge in [-0.1, -0.05) is 18.2 Å². The van der Waals surface area contributed by atoms with Crippen LogP contribution in [0.4, 0.5) is 13.2 Å². The van der Waals surface area contributed by atoms with Crippen LogP contribution in [0.2, 0.25) is 0 Å². The SMILES string of the molecule is CN(Cc1ccccc1C(F)(F)F)C(=O)CCN.Cl. The summed E-state index contributed by atoms with van der Waals surface area (Å²) >= 11 is 0. The zero-order valence-corrected chi connectivity index (χ0v) is 11.2. The first-order valence-corrected chi connectivity index (χ1v) is 5.45. The van der Waals surface area contributed by atoms with Gasteiger partial charge in [-0.25, -0.2) is 0 Å². The van der Waals surface area contributed by atoms with Crippen molar-refractivity contribution in [2.24, 2.45) is 5.73 Å². The van der Waals surface area contributed by atoms with E-state index in [9.17, 15) is 18.0 Å². The third-order valence-corrected chi connectivity index (χ3v) is 2.51. The summed E-state index contributed by atoms with van der Waals surface area (Å²) in [5.74, 6) is -0.269. The molecule has 0 bridgehead atoms. The molecule has 0 aliphatic heterocycles. The molecule has 108 valence electrons. The van der Waals surface area contributed by atoms with Crippen LogP contribution >= 0.6 is 12.4 Å². The first-order chi connectivity index (χ1) is 8.36. The molecule has 1 amide bonds. The molecule has 1 aromatic rings. The largest absolute Gasteiger partial charge is 0.416 e. The molecule has 0 spiro atoms. The molecule has 0 saturated heterocycles. The van der Waals surface area contributed by atoms with Gasteiger partial charge in [-0.05, 0) is 11.6 Å². The lowest BCUT2D eigenvalue weighted by atomic mass is 10.1. The molecule has 0 heterocycles. The van der Waals surface area contributed by atoms with E-state index in [1.807, 2.05) is 0 Å². The van der Waals surface area contributed by atoms with Crippen molar-refractivity contribution < 1.29 is 18.0 Å². The van der Waals surface area contributed by atoms with E-state index in [1.54, 1.807) is 0 Å². The number of carbonyl (C=O) groups excluding carboxylic acids is 1. The van der Waals surface area contributed by atoms with Gasteiger partial charge in [0.05, 0.1) is 5.56 Å². The molecule has 0 unspecified atom stereocenters. The maximum Gasteiger partial charge on any atom is 0.416 e. The number of rotatable bonds is 4. The van der Waals surface area contributed by atoms with Crippen molar-refractivity contribution in [2.75, 3.05) is 13.6 Å². The number of alkyl halides is 3. The predicted molar refractivity (Wildman–Crippen MR) is 68.8 cm³/mol. The quantitative estimate of drug-likeness (QED) is 0.927. The van der Waals surface area contributed by atoms with E-state index in [4.69, 9.17) is 5.73 Å². The van der Waals surface area contributed by atoms with Crippen LogP contribution in [0.25, 0.3) is 0 Å². The van der Waals surface area contributed by atoms with Crippen molar-refractivity contribution in [3.8, 4) is 0 Å². The van der Waals surface area contributed by atoms with Crippen molar-refractivity contribution in [2.45, 2.75) is 19.1 Å². The smallest absolute Gasteiger partial charge is 0.341 e. The number of benzene rings is 1. The molecule has 0 aliphatic carbocycles. The van der Waals surface area contributed by atoms with E-state index in [0.717, 1.165) is 6.07 Å². The molecule has 0 atom stereocenters. The van der Waals surface area contributed by atoms with Crippen molar-refractivity contribution in [1.29, 1.82) is 0 Å². The van der Waals surface area contributed by atoms with E-state index in [-0.39, 0.29) is 43.4 Å². The highest BCUT2D eigenvalue weighted by Crippen LogP contribution is 2.32. The van der Waals surface area contributed by atoms with Crippen LogP contribution in [0.5, 0.6) is 0 Å². The molecule has 7 heteroatoms. The number of hydrogen-bond donors (Lipinski definition) is 1. The highest BCUT2D eigenvalue weighted by molar-refractivity contribution is 5.85. The number of nitrogens with two attached hydrogens (primary N) is 1. The number of nitrogens with zero attached hydrogens (tertiary/aromatic N) is 1. The van der Waals surface area contributed by atoms with Gasteiger partial charge in [-0.15, -0.1) is 12.4 Å². The Balaban J connectivity index is 0.00000324. The van der Waals surface area contributed by atoms with Gasteiger partial charge in [0.25, 0.3) is 0 Å². The highest BCUT2D eigenvalue weighted by atomic mass is 35.5. The summed E-state index contributed by atoms with van der Waals surface area (Å²) in [6, 6.07) is 5.23. The van der Waals surface area contributed by atoms with Gasteiger partial charge in [-0.3, -0.25) is 4.79 Å². The van der Waals surface area contributed by atoms with Gasteiger partial charge in [0.2, 0.25) is 5.91 Å². The third kappa shape index (κ3) is 5.08. The average molecular weight is 297 g/mol. The minimum absolute atomic E-state index is 0. The van der Waals surface area contributed by atoms with Crippen LogP contribution < -0.4 is 5.73 Å². The third-order valence-electron chi connectivity index (χ3n) is 2.51. The topological polar surface area (TPSA) is 46.3 Å². The van der Waals surface area contributed by atoms with Crippen LogP contribution in [0, 0.1) is 0 Å². The first kappa shape index (κ1) is 17.7. The Morgan fingerprint density at radius 3 is 2.42 bits per heavy atom. The Hall–Kier alpha value is -1.27. The summed E-state index contributed by atoms with van der Waals surface area (Å²) in [6.45, 7) is 0.110. The summed E-state index contributed by atoms with van der Waals surface area (Å²) in [6.07, 6.45) is -4.28. The predicted octanol–water partition coefficient (Wildman–Crippen LogP) is 2.43. The summed E-state index contributed by atoms with van der Waals surface area (Å²) in [5.41, 5.74) is 4.60. The molecule has 0 saturated carbocycles. The minimum atomic E-state index is -4.41. The molecule has 0 fully saturated rings. The summed E-state index contributed by atoms with van der Waals surface area (Å²) < 4.78 is 38.2. The van der Waals surface area contributed by atoms with E-state index in [2.05, 4.69) is 0 Å². The maximum absolute atomic E-state index is 12.7. The summed E-state index contributed by atoms with van der Waals surface area (Å²) in [4.78, 5) is 12.7.